The summed E-state index contributed by atoms with van der Waals surface area (Å²) in [5.41, 5.74) is 1.26. The zero-order valence-corrected chi connectivity index (χ0v) is 12.3. The van der Waals surface area contributed by atoms with Crippen molar-refractivity contribution in [2.24, 2.45) is 5.92 Å². The number of para-hydroxylation sites is 1. The number of phenolic OH excluding ortho intramolecular Hbond substituents is 1. The largest absolute Gasteiger partial charge is 0.506 e. The zero-order valence-electron chi connectivity index (χ0n) is 12.3. The fourth-order valence-electron chi connectivity index (χ4n) is 2.83. The monoisotopic (exact) mass is 273 g/mol. The lowest BCUT2D eigenvalue weighted by molar-refractivity contribution is 0.151. The average molecular weight is 273 g/mol. The smallest absolute Gasteiger partial charge is 0.138 e. The first kappa shape index (κ1) is 14.8. The Morgan fingerprint density at radius 1 is 1.35 bits per heavy atom. The number of nitriles is 1. The molecule has 1 atom stereocenters. The Balaban J connectivity index is 2.33. The number of rotatable bonds is 4. The molecule has 1 heterocycles. The molecule has 4 nitrogen and oxygen atoms in total. The molecule has 1 saturated heterocycles. The van der Waals surface area contributed by atoms with Crippen LogP contribution in [0.3, 0.4) is 0 Å². The summed E-state index contributed by atoms with van der Waals surface area (Å²) in [6.45, 7) is 8.31. The van der Waals surface area contributed by atoms with Crippen molar-refractivity contribution in [2.45, 2.75) is 26.3 Å². The van der Waals surface area contributed by atoms with E-state index in [0.717, 1.165) is 38.2 Å². The summed E-state index contributed by atoms with van der Waals surface area (Å²) < 4.78 is 0. The fourth-order valence-corrected chi connectivity index (χ4v) is 2.83. The highest BCUT2D eigenvalue weighted by Crippen LogP contribution is 2.35. The van der Waals surface area contributed by atoms with E-state index in [1.165, 1.54) is 0 Å². The van der Waals surface area contributed by atoms with Crippen LogP contribution in [0, 0.1) is 17.2 Å². The van der Waals surface area contributed by atoms with Crippen LogP contribution in [0.2, 0.25) is 0 Å². The normalized spacial score (nSPS) is 17.9. The average Bonchev–Trinajstić information content (AvgIpc) is 2.46. The minimum Gasteiger partial charge on any atom is -0.506 e. The number of phenols is 1. The Morgan fingerprint density at radius 2 is 2.05 bits per heavy atom. The van der Waals surface area contributed by atoms with Gasteiger partial charge < -0.3 is 10.4 Å². The number of aromatic hydroxyl groups is 1. The lowest BCUT2D eigenvalue weighted by atomic mass is 9.93. The number of hydrogen-bond donors (Lipinski definition) is 2. The molecule has 1 aromatic carbocycles. The van der Waals surface area contributed by atoms with E-state index in [1.807, 2.05) is 12.1 Å². The third kappa shape index (κ3) is 3.30. The van der Waals surface area contributed by atoms with Gasteiger partial charge in [0.15, 0.2) is 0 Å². The second-order valence-electron chi connectivity index (χ2n) is 5.79. The Kier molecular flexibility index (Phi) is 4.99. The van der Waals surface area contributed by atoms with Crippen molar-refractivity contribution in [3.05, 3.63) is 29.3 Å². The third-order valence-electron chi connectivity index (χ3n) is 3.83. The van der Waals surface area contributed by atoms with E-state index < -0.39 is 0 Å². The number of piperazine rings is 1. The van der Waals surface area contributed by atoms with Crippen LogP contribution in [-0.2, 0) is 0 Å². The molecule has 0 radical (unpaired) electrons. The Labute approximate surface area is 121 Å². The number of nitrogens with one attached hydrogen (secondary N) is 1. The summed E-state index contributed by atoms with van der Waals surface area (Å²) in [6, 6.07) is 7.73. The van der Waals surface area contributed by atoms with E-state index in [-0.39, 0.29) is 11.8 Å². The molecule has 0 unspecified atom stereocenters. The van der Waals surface area contributed by atoms with Crippen molar-refractivity contribution in [1.82, 2.24) is 10.2 Å². The number of benzene rings is 1. The van der Waals surface area contributed by atoms with Crippen molar-refractivity contribution < 1.29 is 5.11 Å². The predicted molar refractivity (Wildman–Crippen MR) is 79.5 cm³/mol. The van der Waals surface area contributed by atoms with Gasteiger partial charge in [0, 0.05) is 37.8 Å². The van der Waals surface area contributed by atoms with Gasteiger partial charge in [0.2, 0.25) is 0 Å². The molecule has 2 rings (SSSR count). The van der Waals surface area contributed by atoms with Gasteiger partial charge in [0.25, 0.3) is 0 Å². The van der Waals surface area contributed by atoms with Crippen molar-refractivity contribution in [1.29, 1.82) is 5.26 Å². The zero-order chi connectivity index (χ0) is 14.5. The highest BCUT2D eigenvalue weighted by molar-refractivity contribution is 5.48. The highest BCUT2D eigenvalue weighted by Gasteiger charge is 2.26. The van der Waals surface area contributed by atoms with Gasteiger partial charge >= 0.3 is 0 Å². The summed E-state index contributed by atoms with van der Waals surface area (Å²) in [4.78, 5) is 2.41. The first-order chi connectivity index (χ1) is 9.63. The molecule has 1 aromatic rings. The summed E-state index contributed by atoms with van der Waals surface area (Å²) in [7, 11) is 0. The van der Waals surface area contributed by atoms with Gasteiger partial charge in [-0.15, -0.1) is 0 Å². The van der Waals surface area contributed by atoms with E-state index >= 15 is 0 Å². The van der Waals surface area contributed by atoms with Gasteiger partial charge in [-0.1, -0.05) is 26.0 Å². The molecule has 0 aliphatic carbocycles. The topological polar surface area (TPSA) is 59.3 Å². The second kappa shape index (κ2) is 6.74. The molecule has 2 N–H and O–H groups in total. The predicted octanol–water partition coefficient (Wildman–Crippen LogP) is 2.26. The van der Waals surface area contributed by atoms with Crippen molar-refractivity contribution >= 4 is 0 Å². The van der Waals surface area contributed by atoms with Gasteiger partial charge in [0.1, 0.15) is 11.8 Å². The second-order valence-corrected chi connectivity index (χ2v) is 5.79. The molecule has 0 bridgehead atoms. The molecule has 20 heavy (non-hydrogen) atoms. The van der Waals surface area contributed by atoms with Crippen LogP contribution >= 0.6 is 0 Å². The maximum atomic E-state index is 10.3. The van der Waals surface area contributed by atoms with E-state index in [4.69, 9.17) is 5.26 Å². The van der Waals surface area contributed by atoms with E-state index in [0.29, 0.717) is 11.5 Å². The van der Waals surface area contributed by atoms with Crippen LogP contribution in [0.5, 0.6) is 5.75 Å². The van der Waals surface area contributed by atoms with Crippen LogP contribution in [-0.4, -0.2) is 36.2 Å². The van der Waals surface area contributed by atoms with Gasteiger partial charge in [-0.2, -0.15) is 5.26 Å². The number of nitrogens with zero attached hydrogens (tertiary/aromatic N) is 2. The van der Waals surface area contributed by atoms with Gasteiger partial charge in [-0.25, -0.2) is 0 Å². The molecule has 0 spiro atoms. The first-order valence-electron chi connectivity index (χ1n) is 7.30. The molecule has 1 aliphatic rings. The maximum Gasteiger partial charge on any atom is 0.138 e. The van der Waals surface area contributed by atoms with E-state index in [1.54, 1.807) is 6.07 Å². The lowest BCUT2D eigenvalue weighted by Gasteiger charge is -2.36. The minimum atomic E-state index is 0.152. The van der Waals surface area contributed by atoms with Crippen LogP contribution in [0.25, 0.3) is 0 Å². The SMILES string of the molecule is CC(C)C[C@H](c1cccc(C#N)c1O)N1CCNCC1. The highest BCUT2D eigenvalue weighted by atomic mass is 16.3. The Hall–Kier alpha value is -1.57. The molecule has 0 amide bonds. The van der Waals surface area contributed by atoms with Crippen molar-refractivity contribution in [3.63, 3.8) is 0 Å². The van der Waals surface area contributed by atoms with Gasteiger partial charge in [-0.05, 0) is 18.4 Å². The molecular formula is C16H23N3O. The van der Waals surface area contributed by atoms with Crippen LogP contribution < -0.4 is 5.32 Å². The summed E-state index contributed by atoms with van der Waals surface area (Å²) in [6.07, 6.45) is 0.989. The maximum absolute atomic E-state index is 10.3. The standard InChI is InChI=1S/C16H23N3O/c1-12(2)10-15(19-8-6-18-7-9-19)14-5-3-4-13(11-17)16(14)20/h3-5,12,15,18,20H,6-10H2,1-2H3/t15-/m1/s1. The molecule has 1 fully saturated rings. The molecule has 4 heteroatoms. The van der Waals surface area contributed by atoms with E-state index in [2.05, 4.69) is 30.1 Å². The van der Waals surface area contributed by atoms with Gasteiger partial charge in [-0.3, -0.25) is 4.90 Å². The van der Waals surface area contributed by atoms with Crippen LogP contribution in [0.15, 0.2) is 18.2 Å². The molecule has 0 saturated carbocycles. The summed E-state index contributed by atoms with van der Waals surface area (Å²) in [5, 5.41) is 22.8. The van der Waals surface area contributed by atoms with Crippen LogP contribution in [0.4, 0.5) is 0 Å². The molecule has 0 aromatic heterocycles. The minimum absolute atomic E-state index is 0.152. The fraction of sp³-hybridized carbons (Fsp3) is 0.562. The molecular weight excluding hydrogens is 250 g/mol. The van der Waals surface area contributed by atoms with E-state index in [9.17, 15) is 5.11 Å². The number of hydrogen-bond acceptors (Lipinski definition) is 4. The quantitative estimate of drug-likeness (QED) is 0.883. The lowest BCUT2D eigenvalue weighted by Crippen LogP contribution is -2.45. The first-order valence-corrected chi connectivity index (χ1v) is 7.30. The Morgan fingerprint density at radius 3 is 2.65 bits per heavy atom. The summed E-state index contributed by atoms with van der Waals surface area (Å²) >= 11 is 0. The Bertz CT molecular complexity index is 487. The molecule has 1 aliphatic heterocycles. The van der Waals surface area contributed by atoms with Crippen molar-refractivity contribution in [2.75, 3.05) is 26.2 Å². The third-order valence-corrected chi connectivity index (χ3v) is 3.83. The molecule has 108 valence electrons. The van der Waals surface area contributed by atoms with Crippen LogP contribution in [0.1, 0.15) is 37.4 Å². The van der Waals surface area contributed by atoms with Gasteiger partial charge in [0.05, 0.1) is 5.56 Å². The van der Waals surface area contributed by atoms with Crippen molar-refractivity contribution in [3.8, 4) is 11.8 Å². The summed E-state index contributed by atoms with van der Waals surface area (Å²) in [5.74, 6) is 0.694.